The van der Waals surface area contributed by atoms with Crippen LogP contribution in [0.25, 0.3) is 0 Å². The van der Waals surface area contributed by atoms with Crippen LogP contribution in [0.2, 0.25) is 0 Å². The summed E-state index contributed by atoms with van der Waals surface area (Å²) in [6.07, 6.45) is 55.2. The van der Waals surface area contributed by atoms with Gasteiger partial charge in [-0.05, 0) is 224 Å². The van der Waals surface area contributed by atoms with Gasteiger partial charge in [-0.25, -0.2) is 0 Å². The summed E-state index contributed by atoms with van der Waals surface area (Å²) in [5.41, 5.74) is 0. The van der Waals surface area contributed by atoms with E-state index in [1.165, 1.54) is 25.7 Å². The highest BCUT2D eigenvalue weighted by Crippen LogP contribution is 2.66. The van der Waals surface area contributed by atoms with Crippen LogP contribution < -0.4 is 0 Å². The van der Waals surface area contributed by atoms with E-state index in [1.54, 1.807) is 199 Å². The monoisotopic (exact) mass is 842 g/mol. The van der Waals surface area contributed by atoms with Crippen LogP contribution >= 0.6 is 23.5 Å². The van der Waals surface area contributed by atoms with Crippen LogP contribution in [0.15, 0.2) is 0 Å². The first-order valence-electron chi connectivity index (χ1n) is 28.3. The van der Waals surface area contributed by atoms with Gasteiger partial charge in [-0.2, -0.15) is 23.5 Å². The molecule has 12 fully saturated rings. The number of thioether (sulfide) groups is 2. The molecule has 2 saturated heterocycles. The van der Waals surface area contributed by atoms with Crippen molar-refractivity contribution in [2.45, 2.75) is 264 Å². The molecule has 0 amide bonds. The van der Waals surface area contributed by atoms with Gasteiger partial charge in [-0.1, -0.05) is 83.5 Å². The number of fused-ring (bicyclic) bond motifs is 10. The lowest BCUT2D eigenvalue weighted by molar-refractivity contribution is -0.0544. The Morgan fingerprint density at radius 1 is 0.254 bits per heavy atom. The third kappa shape index (κ3) is 7.87. The molecule has 0 aromatic rings. The lowest BCUT2D eigenvalue weighted by Crippen LogP contribution is -2.54. The van der Waals surface area contributed by atoms with Crippen molar-refractivity contribution >= 4 is 23.5 Å². The molecule has 10 aliphatic carbocycles. The van der Waals surface area contributed by atoms with Gasteiger partial charge in [0.25, 0.3) is 0 Å². The topological polar surface area (TPSA) is 3.24 Å². The Hall–Kier alpha value is 0.660. The van der Waals surface area contributed by atoms with Crippen molar-refractivity contribution in [1.29, 1.82) is 0 Å². The highest BCUT2D eigenvalue weighted by Gasteiger charge is 2.59. The molecular formula is C56H91NS2. The van der Waals surface area contributed by atoms with Gasteiger partial charge in [0.15, 0.2) is 0 Å². The Kier molecular flexibility index (Phi) is 12.6. The highest BCUT2D eigenvalue weighted by atomic mass is 32.2. The van der Waals surface area contributed by atoms with E-state index in [2.05, 4.69) is 28.4 Å². The maximum Gasteiger partial charge on any atom is 0.0123 e. The van der Waals surface area contributed by atoms with Crippen LogP contribution in [0.3, 0.4) is 0 Å². The summed E-state index contributed by atoms with van der Waals surface area (Å²) >= 11 is 5.20. The molecule has 1 nitrogen and oxygen atoms in total. The quantitative estimate of drug-likeness (QED) is 0.262. The zero-order valence-corrected chi connectivity index (χ0v) is 39.8. The minimum atomic E-state index is 0.919. The fourth-order valence-corrected chi connectivity index (χ4v) is 25.3. The number of hydrogen-bond acceptors (Lipinski definition) is 3. The molecule has 2 heterocycles. The average Bonchev–Trinajstić information content (AvgIpc) is 3.89. The molecule has 10 saturated carbocycles. The maximum absolute atomic E-state index is 3.41. The average molecular weight is 842 g/mol. The van der Waals surface area contributed by atoms with E-state index in [0.717, 1.165) is 122 Å². The summed E-state index contributed by atoms with van der Waals surface area (Å²) in [6.45, 7) is 0. The first-order valence-corrected chi connectivity index (χ1v) is 30.2. The molecule has 0 N–H and O–H groups in total. The largest absolute Gasteiger partial charge is 0.294 e. The molecule has 12 aliphatic rings. The van der Waals surface area contributed by atoms with Crippen molar-refractivity contribution in [2.24, 2.45) is 82.9 Å². The smallest absolute Gasteiger partial charge is 0.0123 e. The molecule has 0 bridgehead atoms. The molecule has 59 heavy (non-hydrogen) atoms. The van der Waals surface area contributed by atoms with Crippen molar-refractivity contribution in [3.8, 4) is 0 Å². The van der Waals surface area contributed by atoms with Crippen LogP contribution in [0.5, 0.6) is 0 Å². The lowest BCUT2D eigenvalue weighted by atomic mass is 9.51. The minimum Gasteiger partial charge on any atom is -0.294 e. The summed E-state index contributed by atoms with van der Waals surface area (Å²) in [5.74, 6) is 15.4. The van der Waals surface area contributed by atoms with E-state index in [-0.39, 0.29) is 0 Å². The van der Waals surface area contributed by atoms with Gasteiger partial charge in [0, 0.05) is 39.1 Å². The zero-order valence-electron chi connectivity index (χ0n) is 38.1. The summed E-state index contributed by atoms with van der Waals surface area (Å²) in [4.78, 5) is 3.41. The predicted octanol–water partition coefficient (Wildman–Crippen LogP) is 15.8. The van der Waals surface area contributed by atoms with Gasteiger partial charge in [0.1, 0.15) is 0 Å². The standard InChI is InChI=1S/C56H91NS2/c1-2-11-36(12-3-1)37-21-27-41(28-22-37)57(43-31-25-39(26-32-43)51-35-40-13-4-5-14-44(40)46-15-6-7-16-47(46)51)42-29-23-38(24-30-42)45-18-10-19-48-49-33-34-53-54(56(49)59-55(45)48)50-17-8-9-20-52(50)58-53/h36-56H,1-35H2. The highest BCUT2D eigenvalue weighted by molar-refractivity contribution is 8.02. The van der Waals surface area contributed by atoms with Gasteiger partial charge >= 0.3 is 0 Å². The molecule has 0 aromatic carbocycles. The first-order chi connectivity index (χ1) is 29.2. The van der Waals surface area contributed by atoms with Crippen molar-refractivity contribution in [2.75, 3.05) is 0 Å². The molecule has 14 unspecified atom stereocenters. The van der Waals surface area contributed by atoms with E-state index in [1.807, 2.05) is 0 Å². The number of hydrogen-bond donors (Lipinski definition) is 0. The molecule has 0 aromatic heterocycles. The zero-order chi connectivity index (χ0) is 38.9. The van der Waals surface area contributed by atoms with Crippen molar-refractivity contribution in [1.82, 2.24) is 4.90 Å². The Balaban J connectivity index is 0.722. The van der Waals surface area contributed by atoms with Gasteiger partial charge in [-0.15, -0.1) is 0 Å². The number of nitrogens with zero attached hydrogens (tertiary/aromatic N) is 1. The summed E-state index contributed by atoms with van der Waals surface area (Å²) in [7, 11) is 0. The fraction of sp³-hybridized carbons (Fsp3) is 1.00. The Morgan fingerprint density at radius 3 is 1.46 bits per heavy atom. The normalized spacial score (nSPS) is 53.0. The van der Waals surface area contributed by atoms with E-state index in [0.29, 0.717) is 0 Å². The summed E-state index contributed by atoms with van der Waals surface area (Å²) < 4.78 is 0. The van der Waals surface area contributed by atoms with Crippen molar-refractivity contribution in [3.05, 3.63) is 0 Å². The van der Waals surface area contributed by atoms with Gasteiger partial charge in [0.2, 0.25) is 0 Å². The predicted molar refractivity (Wildman–Crippen MR) is 254 cm³/mol. The van der Waals surface area contributed by atoms with E-state index in [9.17, 15) is 0 Å². The van der Waals surface area contributed by atoms with Crippen LogP contribution in [0, 0.1) is 82.9 Å². The van der Waals surface area contributed by atoms with Crippen molar-refractivity contribution < 1.29 is 0 Å². The lowest BCUT2D eigenvalue weighted by Gasteiger charge is -2.55. The molecule has 2 aliphatic heterocycles. The molecule has 0 radical (unpaired) electrons. The van der Waals surface area contributed by atoms with E-state index in [4.69, 9.17) is 0 Å². The SMILES string of the molecule is C1CCC(C2CCC(N(C3CCC(C4CC5CCCCC5C5CCCCC45)CC3)C3CCC(C4CCCC5C6CCC7SC8CCCCC8C7C6SC45)CC3)CC2)CC1. The maximum atomic E-state index is 3.41. The van der Waals surface area contributed by atoms with Crippen LogP contribution in [0.4, 0.5) is 0 Å². The van der Waals surface area contributed by atoms with Crippen molar-refractivity contribution in [3.63, 3.8) is 0 Å². The van der Waals surface area contributed by atoms with Crippen LogP contribution in [-0.2, 0) is 0 Å². The number of rotatable bonds is 6. The molecule has 0 spiro atoms. The molecule has 332 valence electrons. The fourth-order valence-electron chi connectivity index (χ4n) is 20.5. The summed E-state index contributed by atoms with van der Waals surface area (Å²) in [5, 5.41) is 4.19. The van der Waals surface area contributed by atoms with E-state index < -0.39 is 0 Å². The second-order valence-electron chi connectivity index (χ2n) is 25.1. The van der Waals surface area contributed by atoms with Gasteiger partial charge in [-0.3, -0.25) is 4.90 Å². The second-order valence-corrected chi connectivity index (χ2v) is 27.9. The third-order valence-corrected chi connectivity index (χ3v) is 26.8. The van der Waals surface area contributed by atoms with Gasteiger partial charge < -0.3 is 0 Å². The summed E-state index contributed by atoms with van der Waals surface area (Å²) in [6, 6.07) is 2.76. The van der Waals surface area contributed by atoms with Crippen LogP contribution in [-0.4, -0.2) is 44.0 Å². The molecule has 14 atom stereocenters. The minimum absolute atomic E-state index is 0.919. The molecule has 3 heteroatoms. The molecular weight excluding hydrogens is 751 g/mol. The Labute approximate surface area is 373 Å². The third-order valence-electron chi connectivity index (χ3n) is 22.9. The molecule has 12 rings (SSSR count). The van der Waals surface area contributed by atoms with Crippen LogP contribution in [0.1, 0.15) is 225 Å². The van der Waals surface area contributed by atoms with Gasteiger partial charge in [0.05, 0.1) is 0 Å². The first kappa shape index (κ1) is 41.1. The Bertz CT molecular complexity index is 1370. The van der Waals surface area contributed by atoms with E-state index >= 15 is 0 Å². The Morgan fingerprint density at radius 2 is 0.746 bits per heavy atom. The second kappa shape index (κ2) is 18.1.